The summed E-state index contributed by atoms with van der Waals surface area (Å²) in [6, 6.07) is 6.59. The predicted octanol–water partition coefficient (Wildman–Crippen LogP) is 1.32. The van der Waals surface area contributed by atoms with Crippen LogP contribution in [0.3, 0.4) is 0 Å². The number of carbonyl (C=O) groups excluding carboxylic acids is 1. The summed E-state index contributed by atoms with van der Waals surface area (Å²) in [5.74, 6) is 0.151. The molecule has 1 saturated carbocycles. The maximum absolute atomic E-state index is 11.9. The Morgan fingerprint density at radius 1 is 1.33 bits per heavy atom. The van der Waals surface area contributed by atoms with Crippen molar-refractivity contribution in [1.29, 1.82) is 0 Å². The van der Waals surface area contributed by atoms with Crippen molar-refractivity contribution in [1.82, 2.24) is 5.32 Å². The van der Waals surface area contributed by atoms with Gasteiger partial charge < -0.3 is 16.2 Å². The number of phenols is 1. The molecule has 0 radical (unpaired) electrons. The molecule has 1 fully saturated rings. The molecule has 0 unspecified atom stereocenters. The highest BCUT2D eigenvalue weighted by Gasteiger charge is 2.20. The standard InChI is InChI=1S/C14H20N2O2/c15-13(9-10-5-7-12(17)8-6-10)14(18)16-11-3-1-2-4-11/h5-8,11,13,17H,1-4,9,15H2,(H,16,18)/t13-/m0/s1. The molecule has 0 aliphatic heterocycles. The van der Waals surface area contributed by atoms with Crippen LogP contribution in [0.4, 0.5) is 0 Å². The van der Waals surface area contributed by atoms with Gasteiger partial charge in [-0.15, -0.1) is 0 Å². The lowest BCUT2D eigenvalue weighted by Crippen LogP contribution is -2.45. The minimum absolute atomic E-state index is 0.0741. The number of aromatic hydroxyl groups is 1. The first-order chi connectivity index (χ1) is 8.65. The first-order valence-corrected chi connectivity index (χ1v) is 6.49. The molecule has 1 amide bonds. The first-order valence-electron chi connectivity index (χ1n) is 6.49. The van der Waals surface area contributed by atoms with Gasteiger partial charge in [-0.1, -0.05) is 25.0 Å². The van der Waals surface area contributed by atoms with Crippen LogP contribution in [0.5, 0.6) is 5.75 Å². The van der Waals surface area contributed by atoms with Crippen molar-refractivity contribution < 1.29 is 9.90 Å². The molecule has 0 heterocycles. The zero-order valence-electron chi connectivity index (χ0n) is 10.4. The third-order valence-corrected chi connectivity index (χ3v) is 3.43. The van der Waals surface area contributed by atoms with E-state index in [0.29, 0.717) is 12.5 Å². The molecule has 1 aliphatic rings. The van der Waals surface area contributed by atoms with E-state index in [1.807, 2.05) is 0 Å². The number of carbonyl (C=O) groups is 1. The van der Waals surface area contributed by atoms with E-state index in [1.165, 1.54) is 12.8 Å². The van der Waals surface area contributed by atoms with E-state index >= 15 is 0 Å². The molecule has 98 valence electrons. The maximum atomic E-state index is 11.9. The van der Waals surface area contributed by atoms with Gasteiger partial charge in [-0.3, -0.25) is 4.79 Å². The molecule has 18 heavy (non-hydrogen) atoms. The van der Waals surface area contributed by atoms with Crippen LogP contribution in [0.1, 0.15) is 31.2 Å². The Kier molecular flexibility index (Phi) is 4.20. The lowest BCUT2D eigenvalue weighted by Gasteiger charge is -2.16. The lowest BCUT2D eigenvalue weighted by atomic mass is 10.1. The quantitative estimate of drug-likeness (QED) is 0.752. The van der Waals surface area contributed by atoms with Gasteiger partial charge in [0.05, 0.1) is 6.04 Å². The number of hydrogen-bond acceptors (Lipinski definition) is 3. The van der Waals surface area contributed by atoms with Gasteiger partial charge in [-0.05, 0) is 37.0 Å². The lowest BCUT2D eigenvalue weighted by molar-refractivity contribution is -0.123. The fraction of sp³-hybridized carbons (Fsp3) is 0.500. The van der Waals surface area contributed by atoms with Crippen LogP contribution >= 0.6 is 0 Å². The van der Waals surface area contributed by atoms with Crippen molar-refractivity contribution in [3.8, 4) is 5.75 Å². The molecule has 0 bridgehead atoms. The Hall–Kier alpha value is -1.55. The first kappa shape index (κ1) is 12.9. The van der Waals surface area contributed by atoms with Crippen LogP contribution in [0.15, 0.2) is 24.3 Å². The second-order valence-corrected chi connectivity index (χ2v) is 4.97. The SMILES string of the molecule is N[C@@H](Cc1ccc(O)cc1)C(=O)NC1CCCC1. The summed E-state index contributed by atoms with van der Waals surface area (Å²) in [4.78, 5) is 11.9. The molecule has 0 saturated heterocycles. The molecule has 0 aromatic heterocycles. The number of amides is 1. The maximum Gasteiger partial charge on any atom is 0.237 e. The summed E-state index contributed by atoms with van der Waals surface area (Å²) >= 11 is 0. The smallest absolute Gasteiger partial charge is 0.237 e. The average Bonchev–Trinajstić information content (AvgIpc) is 2.85. The Balaban J connectivity index is 1.84. The molecule has 1 aliphatic carbocycles. The molecule has 1 atom stereocenters. The number of rotatable bonds is 4. The Bertz CT molecular complexity index is 397. The molecule has 1 aromatic carbocycles. The van der Waals surface area contributed by atoms with Gasteiger partial charge in [0.1, 0.15) is 5.75 Å². The average molecular weight is 248 g/mol. The van der Waals surface area contributed by atoms with Crippen LogP contribution in [-0.4, -0.2) is 23.1 Å². The second kappa shape index (κ2) is 5.87. The fourth-order valence-electron chi connectivity index (χ4n) is 2.36. The highest BCUT2D eigenvalue weighted by molar-refractivity contribution is 5.82. The van der Waals surface area contributed by atoms with Crippen LogP contribution in [0.25, 0.3) is 0 Å². The summed E-state index contributed by atoms with van der Waals surface area (Å²) in [7, 11) is 0. The molecule has 1 aromatic rings. The van der Waals surface area contributed by atoms with Gasteiger partial charge in [-0.2, -0.15) is 0 Å². The molecule has 0 spiro atoms. The number of nitrogens with one attached hydrogen (secondary N) is 1. The van der Waals surface area contributed by atoms with E-state index in [-0.39, 0.29) is 11.7 Å². The Morgan fingerprint density at radius 2 is 1.94 bits per heavy atom. The van der Waals surface area contributed by atoms with Crippen LogP contribution in [0, 0.1) is 0 Å². The zero-order valence-corrected chi connectivity index (χ0v) is 10.4. The van der Waals surface area contributed by atoms with Gasteiger partial charge in [0.15, 0.2) is 0 Å². The van der Waals surface area contributed by atoms with Gasteiger partial charge in [0.2, 0.25) is 5.91 Å². The normalized spacial score (nSPS) is 17.6. The molecule has 2 rings (SSSR count). The van der Waals surface area contributed by atoms with Crippen molar-refractivity contribution in [3.05, 3.63) is 29.8 Å². The van der Waals surface area contributed by atoms with Crippen LogP contribution in [0.2, 0.25) is 0 Å². The predicted molar refractivity (Wildman–Crippen MR) is 70.2 cm³/mol. The van der Waals surface area contributed by atoms with Crippen molar-refractivity contribution in [2.75, 3.05) is 0 Å². The van der Waals surface area contributed by atoms with E-state index in [9.17, 15) is 9.90 Å². The van der Waals surface area contributed by atoms with Crippen molar-refractivity contribution in [2.24, 2.45) is 5.73 Å². The number of benzene rings is 1. The number of phenolic OH excluding ortho intramolecular Hbond substituents is 1. The van der Waals surface area contributed by atoms with E-state index in [0.717, 1.165) is 18.4 Å². The Morgan fingerprint density at radius 3 is 2.56 bits per heavy atom. The third kappa shape index (κ3) is 3.47. The van der Waals surface area contributed by atoms with Crippen molar-refractivity contribution in [2.45, 2.75) is 44.2 Å². The third-order valence-electron chi connectivity index (χ3n) is 3.43. The second-order valence-electron chi connectivity index (χ2n) is 4.97. The van der Waals surface area contributed by atoms with E-state index in [1.54, 1.807) is 24.3 Å². The topological polar surface area (TPSA) is 75.3 Å². The van der Waals surface area contributed by atoms with Crippen molar-refractivity contribution in [3.63, 3.8) is 0 Å². The van der Waals surface area contributed by atoms with E-state index in [2.05, 4.69) is 5.32 Å². The van der Waals surface area contributed by atoms with Crippen LogP contribution in [-0.2, 0) is 11.2 Å². The summed E-state index contributed by atoms with van der Waals surface area (Å²) < 4.78 is 0. The zero-order chi connectivity index (χ0) is 13.0. The van der Waals surface area contributed by atoms with Crippen LogP contribution < -0.4 is 11.1 Å². The van der Waals surface area contributed by atoms with Gasteiger partial charge >= 0.3 is 0 Å². The minimum Gasteiger partial charge on any atom is -0.508 e. The monoisotopic (exact) mass is 248 g/mol. The molecule has 4 heteroatoms. The fourth-order valence-corrected chi connectivity index (χ4v) is 2.36. The molecular formula is C14H20N2O2. The molecule has 4 N–H and O–H groups in total. The Labute approximate surface area is 107 Å². The molecular weight excluding hydrogens is 228 g/mol. The highest BCUT2D eigenvalue weighted by Crippen LogP contribution is 2.18. The van der Waals surface area contributed by atoms with Gasteiger partial charge in [0.25, 0.3) is 0 Å². The summed E-state index contributed by atoms with van der Waals surface area (Å²) in [5.41, 5.74) is 6.85. The van der Waals surface area contributed by atoms with E-state index in [4.69, 9.17) is 5.73 Å². The number of nitrogens with two attached hydrogens (primary N) is 1. The number of hydrogen-bond donors (Lipinski definition) is 3. The van der Waals surface area contributed by atoms with Crippen molar-refractivity contribution >= 4 is 5.91 Å². The van der Waals surface area contributed by atoms with E-state index < -0.39 is 6.04 Å². The largest absolute Gasteiger partial charge is 0.508 e. The van der Waals surface area contributed by atoms with Gasteiger partial charge in [0, 0.05) is 6.04 Å². The summed E-state index contributed by atoms with van der Waals surface area (Å²) in [5, 5.41) is 12.2. The highest BCUT2D eigenvalue weighted by atomic mass is 16.3. The summed E-state index contributed by atoms with van der Waals surface area (Å²) in [6.07, 6.45) is 5.02. The minimum atomic E-state index is -0.518. The summed E-state index contributed by atoms with van der Waals surface area (Å²) in [6.45, 7) is 0. The van der Waals surface area contributed by atoms with Gasteiger partial charge in [-0.25, -0.2) is 0 Å². The molecule has 4 nitrogen and oxygen atoms in total.